The predicted octanol–water partition coefficient (Wildman–Crippen LogP) is 4.67. The number of carboxylic acid groups (broad SMARTS) is 1. The van der Waals surface area contributed by atoms with Crippen LogP contribution in [0.5, 0.6) is 5.75 Å². The quantitative estimate of drug-likeness (QED) is 0.359. The molecule has 7 nitrogen and oxygen atoms in total. The molecule has 2 aliphatic rings. The number of aliphatic carboxylic acids is 1. The fourth-order valence-electron chi connectivity index (χ4n) is 6.42. The lowest BCUT2D eigenvalue weighted by atomic mass is 9.76. The topological polar surface area (TPSA) is 95.9 Å². The Morgan fingerprint density at radius 3 is 2.26 bits per heavy atom. The smallest absolute Gasteiger partial charge is 0.325 e. The van der Waals surface area contributed by atoms with Gasteiger partial charge in [0.25, 0.3) is 0 Å². The van der Waals surface area contributed by atoms with Gasteiger partial charge in [0, 0.05) is 17.8 Å². The summed E-state index contributed by atoms with van der Waals surface area (Å²) in [6.45, 7) is 1.84. The minimum absolute atomic E-state index is 0.0511. The number of methoxy groups -OCH3 is 1. The van der Waals surface area contributed by atoms with Crippen LogP contribution in [0.1, 0.15) is 22.7 Å². The lowest BCUT2D eigenvalue weighted by Crippen LogP contribution is -2.57. The maximum Gasteiger partial charge on any atom is 0.325 e. The standard InChI is InChI=1S/C32H28N2O5/c1-19-10-6-9-15-24(19)34-29(35)26-27(30(34)36)32(31(37)38,18-20-11-4-3-5-12-20)33-28(26)23-16-17-25(39-2)22-14-8-7-13-21(22)23/h3-17,26-28,33H,18H2,1-2H3,(H,37,38). The maximum atomic E-state index is 14.2. The Balaban J connectivity index is 1.57. The van der Waals surface area contributed by atoms with Crippen LogP contribution >= 0.6 is 0 Å². The van der Waals surface area contributed by atoms with E-state index >= 15 is 0 Å². The number of hydrogen-bond acceptors (Lipinski definition) is 5. The monoisotopic (exact) mass is 520 g/mol. The van der Waals surface area contributed by atoms with Crippen molar-refractivity contribution in [3.05, 3.63) is 108 Å². The van der Waals surface area contributed by atoms with Crippen molar-refractivity contribution in [2.24, 2.45) is 11.8 Å². The number of carbonyl (C=O) groups excluding carboxylic acids is 2. The van der Waals surface area contributed by atoms with E-state index in [1.54, 1.807) is 19.2 Å². The molecule has 196 valence electrons. The number of amides is 2. The molecule has 4 atom stereocenters. The molecular weight excluding hydrogens is 492 g/mol. The number of imide groups is 1. The largest absolute Gasteiger partial charge is 0.496 e. The normalized spacial score (nSPS) is 24.3. The summed E-state index contributed by atoms with van der Waals surface area (Å²) in [5, 5.41) is 15.8. The second kappa shape index (κ2) is 9.36. The van der Waals surface area contributed by atoms with Gasteiger partial charge in [-0.25, -0.2) is 4.90 Å². The van der Waals surface area contributed by atoms with E-state index in [4.69, 9.17) is 4.74 Å². The molecule has 2 saturated heterocycles. The van der Waals surface area contributed by atoms with Crippen LogP contribution < -0.4 is 15.0 Å². The molecule has 7 heteroatoms. The first-order valence-electron chi connectivity index (χ1n) is 12.9. The van der Waals surface area contributed by atoms with Gasteiger partial charge in [0.2, 0.25) is 11.8 Å². The van der Waals surface area contributed by atoms with Crippen molar-refractivity contribution in [1.82, 2.24) is 5.32 Å². The second-order valence-electron chi connectivity index (χ2n) is 10.3. The molecule has 2 amide bonds. The summed E-state index contributed by atoms with van der Waals surface area (Å²) < 4.78 is 5.57. The van der Waals surface area contributed by atoms with Gasteiger partial charge in [-0.3, -0.25) is 19.7 Å². The van der Waals surface area contributed by atoms with Crippen LogP contribution in [-0.2, 0) is 20.8 Å². The number of carboxylic acids is 1. The Morgan fingerprint density at radius 2 is 1.56 bits per heavy atom. The third kappa shape index (κ3) is 3.72. The highest BCUT2D eigenvalue weighted by molar-refractivity contribution is 6.24. The molecule has 4 aromatic carbocycles. The Hall–Kier alpha value is -4.49. The van der Waals surface area contributed by atoms with Gasteiger partial charge in [-0.2, -0.15) is 0 Å². The molecule has 0 aromatic heterocycles. The number of aryl methyl sites for hydroxylation is 1. The van der Waals surface area contributed by atoms with Gasteiger partial charge in [-0.05, 0) is 41.1 Å². The number of hydrogen-bond donors (Lipinski definition) is 2. The van der Waals surface area contributed by atoms with Crippen LogP contribution in [0.15, 0.2) is 91.0 Å². The first-order valence-corrected chi connectivity index (χ1v) is 12.9. The summed E-state index contributed by atoms with van der Waals surface area (Å²) in [6.07, 6.45) is 0.0511. The third-order valence-electron chi connectivity index (χ3n) is 8.19. The van der Waals surface area contributed by atoms with Crippen molar-refractivity contribution in [3.8, 4) is 5.75 Å². The van der Waals surface area contributed by atoms with E-state index < -0.39 is 41.2 Å². The third-order valence-corrected chi connectivity index (χ3v) is 8.19. The summed E-state index contributed by atoms with van der Waals surface area (Å²) in [6, 6.07) is 27.1. The molecule has 39 heavy (non-hydrogen) atoms. The fraction of sp³-hybridized carbons (Fsp3) is 0.219. The number of para-hydroxylation sites is 1. The van der Waals surface area contributed by atoms with Gasteiger partial charge < -0.3 is 9.84 Å². The number of anilines is 1. The molecule has 0 aliphatic carbocycles. The zero-order valence-corrected chi connectivity index (χ0v) is 21.6. The number of benzene rings is 4. The van der Waals surface area contributed by atoms with Crippen LogP contribution in [0, 0.1) is 18.8 Å². The van der Waals surface area contributed by atoms with Gasteiger partial charge >= 0.3 is 5.97 Å². The van der Waals surface area contributed by atoms with Crippen LogP contribution in [0.25, 0.3) is 10.8 Å². The molecule has 4 unspecified atom stereocenters. The van der Waals surface area contributed by atoms with E-state index in [0.717, 1.165) is 27.5 Å². The molecule has 0 saturated carbocycles. The van der Waals surface area contributed by atoms with Crippen LogP contribution in [-0.4, -0.2) is 35.5 Å². The SMILES string of the molecule is COc1ccc(C2NC(Cc3ccccc3)(C(=O)O)C3C(=O)N(c4ccccc4C)C(=O)C23)c2ccccc12. The van der Waals surface area contributed by atoms with Crippen LogP contribution in [0.2, 0.25) is 0 Å². The first-order chi connectivity index (χ1) is 18.9. The molecule has 2 N–H and O–H groups in total. The Bertz CT molecular complexity index is 1620. The minimum Gasteiger partial charge on any atom is -0.496 e. The van der Waals surface area contributed by atoms with Crippen molar-refractivity contribution in [2.75, 3.05) is 12.0 Å². The van der Waals surface area contributed by atoms with E-state index in [0.29, 0.717) is 11.4 Å². The van der Waals surface area contributed by atoms with Crippen molar-refractivity contribution in [3.63, 3.8) is 0 Å². The van der Waals surface area contributed by atoms with Gasteiger partial charge in [-0.15, -0.1) is 0 Å². The summed E-state index contributed by atoms with van der Waals surface area (Å²) in [4.78, 5) is 42.8. The lowest BCUT2D eigenvalue weighted by Gasteiger charge is -2.32. The molecule has 4 aromatic rings. The number of nitrogens with zero attached hydrogens (tertiary/aromatic N) is 1. The average molecular weight is 521 g/mol. The Kier molecular flexibility index (Phi) is 5.96. The summed E-state index contributed by atoms with van der Waals surface area (Å²) >= 11 is 0. The van der Waals surface area contributed by atoms with E-state index in [2.05, 4.69) is 5.32 Å². The van der Waals surface area contributed by atoms with Gasteiger partial charge in [0.15, 0.2) is 0 Å². The number of fused-ring (bicyclic) bond motifs is 2. The maximum absolute atomic E-state index is 14.2. The van der Waals surface area contributed by atoms with Gasteiger partial charge in [0.1, 0.15) is 11.3 Å². The highest BCUT2D eigenvalue weighted by atomic mass is 16.5. The van der Waals surface area contributed by atoms with Crippen LogP contribution in [0.3, 0.4) is 0 Å². The highest BCUT2D eigenvalue weighted by Gasteiger charge is 2.68. The van der Waals surface area contributed by atoms with E-state index in [1.165, 1.54) is 4.90 Å². The van der Waals surface area contributed by atoms with Crippen molar-refractivity contribution >= 4 is 34.2 Å². The molecule has 0 spiro atoms. The van der Waals surface area contributed by atoms with Crippen molar-refractivity contribution < 1.29 is 24.2 Å². The first kappa shape index (κ1) is 24.8. The molecule has 0 bridgehead atoms. The summed E-state index contributed by atoms with van der Waals surface area (Å²) in [5.41, 5.74) is 1.08. The number of nitrogens with one attached hydrogen (secondary N) is 1. The Morgan fingerprint density at radius 1 is 0.897 bits per heavy atom. The average Bonchev–Trinajstić information content (AvgIpc) is 3.42. The molecule has 2 fully saturated rings. The predicted molar refractivity (Wildman–Crippen MR) is 148 cm³/mol. The van der Waals surface area contributed by atoms with Crippen LogP contribution in [0.4, 0.5) is 5.69 Å². The van der Waals surface area contributed by atoms with E-state index in [1.807, 2.05) is 85.8 Å². The lowest BCUT2D eigenvalue weighted by molar-refractivity contribution is -0.148. The molecule has 6 rings (SSSR count). The highest BCUT2D eigenvalue weighted by Crippen LogP contribution is 2.52. The second-order valence-corrected chi connectivity index (χ2v) is 10.3. The minimum atomic E-state index is -1.69. The van der Waals surface area contributed by atoms with E-state index in [-0.39, 0.29) is 6.42 Å². The summed E-state index contributed by atoms with van der Waals surface area (Å²) in [5.74, 6) is -3.39. The number of rotatable bonds is 6. The molecule has 2 aliphatic heterocycles. The van der Waals surface area contributed by atoms with Gasteiger partial charge in [0.05, 0.1) is 24.6 Å². The summed E-state index contributed by atoms with van der Waals surface area (Å²) in [7, 11) is 1.60. The number of carbonyl (C=O) groups is 3. The van der Waals surface area contributed by atoms with Gasteiger partial charge in [-0.1, -0.05) is 78.9 Å². The number of ether oxygens (including phenoxy) is 1. The van der Waals surface area contributed by atoms with E-state index in [9.17, 15) is 19.5 Å². The van der Waals surface area contributed by atoms with Crippen molar-refractivity contribution in [2.45, 2.75) is 24.9 Å². The zero-order valence-electron chi connectivity index (χ0n) is 21.6. The Labute approximate surface area is 226 Å². The molecule has 0 radical (unpaired) electrons. The molecular formula is C32H28N2O5. The fourth-order valence-corrected chi connectivity index (χ4v) is 6.42. The zero-order chi connectivity index (χ0) is 27.3. The molecule has 2 heterocycles. The van der Waals surface area contributed by atoms with Crippen molar-refractivity contribution in [1.29, 1.82) is 0 Å².